The van der Waals surface area contributed by atoms with Gasteiger partial charge in [-0.1, -0.05) is 71.9 Å². The number of hydrogen-bond donors (Lipinski definition) is 1. The molecule has 1 aromatic rings. The fraction of sp³-hybridized carbons (Fsp3) is 0.692. The molecule has 1 spiro atoms. The Morgan fingerprint density at radius 3 is 2.03 bits per heavy atom. The van der Waals surface area contributed by atoms with E-state index in [9.17, 15) is 8.42 Å². The summed E-state index contributed by atoms with van der Waals surface area (Å²) in [6.07, 6.45) is -2.66. The molecule has 0 aliphatic carbocycles. The first-order chi connectivity index (χ1) is 16.7. The lowest BCUT2D eigenvalue weighted by Crippen LogP contribution is -2.59. The number of hydrogen-bond acceptors (Lipinski definition) is 8. The second-order valence-corrected chi connectivity index (χ2v) is 24.1. The van der Waals surface area contributed by atoms with E-state index in [0.717, 1.165) is 11.0 Å². The van der Waals surface area contributed by atoms with Gasteiger partial charge in [0.25, 0.3) is 10.1 Å². The number of nitrogens with two attached hydrogens (primary N) is 1. The molecule has 2 heterocycles. The van der Waals surface area contributed by atoms with Crippen LogP contribution >= 0.6 is 0 Å². The SMILES string of the molecule is CC(C)(C)[Si](C)(C)OC[C@H]1O[C@@H](OCc2ccccc2)[C@H](O[Si](C)(C)C(C)(C)C)[C@]12OS(=O)(=O)C=C2N. The van der Waals surface area contributed by atoms with Crippen LogP contribution in [0.15, 0.2) is 41.4 Å². The molecular formula is C26H45NO7SSi2. The molecule has 37 heavy (non-hydrogen) atoms. The molecule has 0 aromatic heterocycles. The molecule has 0 unspecified atom stereocenters. The van der Waals surface area contributed by atoms with Gasteiger partial charge in [-0.25, -0.2) is 4.18 Å². The first-order valence-electron chi connectivity index (χ1n) is 12.8. The maximum Gasteiger partial charge on any atom is 0.292 e. The number of ether oxygens (including phenoxy) is 2. The first-order valence-corrected chi connectivity index (χ1v) is 20.1. The standard InChI is InChI=1S/C26H45NO7SSi2/c1-24(2,3)36(7,8)31-17-21-26(20(27)18-35(28,29)34-26)22(33-37(9,10)25(4,5)6)23(32-21)30-16-19-14-12-11-13-15-19/h11-15,18,21-23H,16-17,27H2,1-10H3/t21-,22+,23-,26-/m1/s1. The van der Waals surface area contributed by atoms with E-state index < -0.39 is 50.9 Å². The third kappa shape index (κ3) is 6.24. The Kier molecular flexibility index (Phi) is 8.37. The van der Waals surface area contributed by atoms with Crippen molar-refractivity contribution in [2.45, 2.75) is 109 Å². The van der Waals surface area contributed by atoms with Crippen molar-refractivity contribution < 1.29 is 30.9 Å². The van der Waals surface area contributed by atoms with E-state index in [1.807, 2.05) is 30.3 Å². The molecule has 210 valence electrons. The van der Waals surface area contributed by atoms with Crippen LogP contribution in [0.4, 0.5) is 0 Å². The van der Waals surface area contributed by atoms with Gasteiger partial charge >= 0.3 is 0 Å². The van der Waals surface area contributed by atoms with Crippen molar-refractivity contribution in [2.24, 2.45) is 5.73 Å². The summed E-state index contributed by atoms with van der Waals surface area (Å²) in [5, 5.41) is 0.754. The molecule has 1 aromatic carbocycles. The Balaban J connectivity index is 2.03. The van der Waals surface area contributed by atoms with Gasteiger partial charge in [0.1, 0.15) is 12.2 Å². The first kappa shape index (κ1) is 30.5. The van der Waals surface area contributed by atoms with Crippen molar-refractivity contribution in [1.82, 2.24) is 0 Å². The van der Waals surface area contributed by atoms with Crippen LogP contribution in [0.2, 0.25) is 36.3 Å². The summed E-state index contributed by atoms with van der Waals surface area (Å²) in [6, 6.07) is 9.71. The van der Waals surface area contributed by atoms with Crippen molar-refractivity contribution in [1.29, 1.82) is 0 Å². The number of benzene rings is 1. The Morgan fingerprint density at radius 2 is 1.54 bits per heavy atom. The summed E-state index contributed by atoms with van der Waals surface area (Å²) in [7, 11) is -8.71. The molecule has 0 bridgehead atoms. The second-order valence-electron chi connectivity index (χ2n) is 13.1. The topological polar surface area (TPSA) is 106 Å². The molecule has 1 fully saturated rings. The minimum atomic E-state index is -4.05. The van der Waals surface area contributed by atoms with Crippen molar-refractivity contribution >= 4 is 26.8 Å². The van der Waals surface area contributed by atoms with Crippen LogP contribution in [0.3, 0.4) is 0 Å². The van der Waals surface area contributed by atoms with Crippen LogP contribution in [0.1, 0.15) is 47.1 Å². The molecule has 2 aliphatic rings. The minimum Gasteiger partial charge on any atom is -0.414 e. The van der Waals surface area contributed by atoms with E-state index in [0.29, 0.717) is 0 Å². The zero-order valence-corrected chi connectivity index (χ0v) is 26.8. The van der Waals surface area contributed by atoms with Crippen LogP contribution in [0.5, 0.6) is 0 Å². The smallest absolute Gasteiger partial charge is 0.292 e. The van der Waals surface area contributed by atoms with E-state index in [1.165, 1.54) is 0 Å². The number of rotatable bonds is 8. The molecule has 4 atom stereocenters. The van der Waals surface area contributed by atoms with Gasteiger partial charge in [-0.2, -0.15) is 8.42 Å². The predicted octanol–water partition coefficient (Wildman–Crippen LogP) is 5.24. The van der Waals surface area contributed by atoms with Crippen LogP contribution in [0, 0.1) is 0 Å². The Bertz CT molecular complexity index is 1090. The molecule has 2 aliphatic heterocycles. The van der Waals surface area contributed by atoms with Crippen molar-refractivity contribution in [3.8, 4) is 0 Å². The molecule has 11 heteroatoms. The van der Waals surface area contributed by atoms with Crippen LogP contribution in [0.25, 0.3) is 0 Å². The minimum absolute atomic E-state index is 0.0471. The molecule has 0 saturated carbocycles. The van der Waals surface area contributed by atoms with Crippen LogP contribution in [-0.2, 0) is 39.2 Å². The fourth-order valence-corrected chi connectivity index (χ4v) is 7.36. The van der Waals surface area contributed by atoms with Gasteiger partial charge in [0.05, 0.1) is 24.3 Å². The summed E-state index contributed by atoms with van der Waals surface area (Å²) in [5.41, 5.74) is 5.88. The van der Waals surface area contributed by atoms with Crippen molar-refractivity contribution in [3.05, 3.63) is 47.0 Å². The van der Waals surface area contributed by atoms with Gasteiger partial charge in [0.2, 0.25) is 0 Å². The molecule has 3 rings (SSSR count). The normalized spacial score (nSPS) is 28.6. The molecule has 8 nitrogen and oxygen atoms in total. The fourth-order valence-electron chi connectivity index (χ4n) is 3.86. The summed E-state index contributed by atoms with van der Waals surface area (Å²) in [5.74, 6) is 0. The van der Waals surface area contributed by atoms with Gasteiger partial charge < -0.3 is 24.1 Å². The van der Waals surface area contributed by atoms with Gasteiger partial charge in [-0.05, 0) is 41.8 Å². The zero-order valence-electron chi connectivity index (χ0n) is 24.0. The quantitative estimate of drug-likeness (QED) is 0.334. The van der Waals surface area contributed by atoms with E-state index >= 15 is 0 Å². The zero-order chi connectivity index (χ0) is 28.1. The third-order valence-electron chi connectivity index (χ3n) is 8.31. The van der Waals surface area contributed by atoms with Gasteiger partial charge in [0.15, 0.2) is 28.5 Å². The third-order valence-corrected chi connectivity index (χ3v) is 18.3. The lowest BCUT2D eigenvalue weighted by Gasteiger charge is -2.43. The lowest BCUT2D eigenvalue weighted by molar-refractivity contribution is -0.172. The van der Waals surface area contributed by atoms with E-state index in [-0.39, 0.29) is 29.0 Å². The Labute approximate surface area is 225 Å². The lowest BCUT2D eigenvalue weighted by atomic mass is 9.90. The predicted molar refractivity (Wildman–Crippen MR) is 150 cm³/mol. The average molecular weight is 572 g/mol. The molecule has 0 amide bonds. The summed E-state index contributed by atoms with van der Waals surface area (Å²) >= 11 is 0. The highest BCUT2D eigenvalue weighted by molar-refractivity contribution is 7.90. The average Bonchev–Trinajstić information content (AvgIpc) is 3.16. The largest absolute Gasteiger partial charge is 0.414 e. The monoisotopic (exact) mass is 571 g/mol. The molecular weight excluding hydrogens is 527 g/mol. The molecule has 1 saturated heterocycles. The van der Waals surface area contributed by atoms with Crippen LogP contribution in [-0.4, -0.2) is 55.8 Å². The summed E-state index contributed by atoms with van der Waals surface area (Å²) < 4.78 is 57.3. The van der Waals surface area contributed by atoms with E-state index in [2.05, 4.69) is 67.7 Å². The maximum atomic E-state index is 12.8. The highest BCUT2D eigenvalue weighted by Crippen LogP contribution is 2.49. The van der Waals surface area contributed by atoms with Gasteiger partial charge in [-0.3, -0.25) is 0 Å². The summed E-state index contributed by atoms with van der Waals surface area (Å²) in [6.45, 7) is 21.6. The Hall–Kier alpha value is -1.06. The van der Waals surface area contributed by atoms with E-state index in [4.69, 9.17) is 28.2 Å². The van der Waals surface area contributed by atoms with E-state index in [1.54, 1.807) is 0 Å². The summed E-state index contributed by atoms with van der Waals surface area (Å²) in [4.78, 5) is 0. The highest BCUT2D eigenvalue weighted by Gasteiger charge is 2.67. The highest BCUT2D eigenvalue weighted by atomic mass is 32.2. The van der Waals surface area contributed by atoms with Crippen LogP contribution < -0.4 is 5.73 Å². The van der Waals surface area contributed by atoms with Crippen molar-refractivity contribution in [3.63, 3.8) is 0 Å². The van der Waals surface area contributed by atoms with Gasteiger partial charge in [-0.15, -0.1) is 0 Å². The molecule has 0 radical (unpaired) electrons. The van der Waals surface area contributed by atoms with Gasteiger partial charge in [0, 0.05) is 0 Å². The maximum absolute atomic E-state index is 12.8. The second kappa shape index (κ2) is 10.2. The van der Waals surface area contributed by atoms with Crippen molar-refractivity contribution in [2.75, 3.05) is 6.61 Å². The molecule has 2 N–H and O–H groups in total. The Morgan fingerprint density at radius 1 is 0.973 bits per heavy atom.